The molecule has 4 heteroatoms. The first-order valence-corrected chi connectivity index (χ1v) is 6.81. The van der Waals surface area contributed by atoms with Crippen LogP contribution in [0.5, 0.6) is 0 Å². The minimum atomic E-state index is 0.579. The topological polar surface area (TPSA) is 48.0 Å². The predicted octanol–water partition coefficient (Wildman–Crippen LogP) is 3.62. The zero-order valence-corrected chi connectivity index (χ0v) is 12.0. The van der Waals surface area contributed by atoms with E-state index in [2.05, 4.69) is 5.10 Å². The zero-order chi connectivity index (χ0) is 14.8. The first-order chi connectivity index (χ1) is 10.2. The predicted molar refractivity (Wildman–Crippen MR) is 80.3 cm³/mol. The van der Waals surface area contributed by atoms with Crippen LogP contribution in [-0.2, 0) is 6.54 Å². The normalized spacial score (nSPS) is 10.8. The molecule has 0 aliphatic rings. The number of aromatic nitrogens is 2. The van der Waals surface area contributed by atoms with Crippen molar-refractivity contribution in [1.82, 2.24) is 9.78 Å². The number of hydrogen-bond donors (Lipinski definition) is 0. The number of aryl methyl sites for hydroxylation is 2. The Hall–Kier alpha value is -2.62. The van der Waals surface area contributed by atoms with E-state index in [1.54, 1.807) is 10.9 Å². The highest BCUT2D eigenvalue weighted by Crippen LogP contribution is 2.27. The van der Waals surface area contributed by atoms with Crippen LogP contribution in [0.2, 0.25) is 0 Å². The number of carbonyl (C=O) groups is 1. The van der Waals surface area contributed by atoms with E-state index in [1.807, 2.05) is 50.2 Å². The number of carbonyl (C=O) groups excluding carboxylic acids is 1. The van der Waals surface area contributed by atoms with E-state index in [-0.39, 0.29) is 0 Å². The quantitative estimate of drug-likeness (QED) is 0.686. The number of furan rings is 1. The van der Waals surface area contributed by atoms with Crippen molar-refractivity contribution >= 4 is 6.29 Å². The Morgan fingerprint density at radius 2 is 2.00 bits per heavy atom. The fourth-order valence-electron chi connectivity index (χ4n) is 2.45. The van der Waals surface area contributed by atoms with Gasteiger partial charge in [-0.15, -0.1) is 0 Å². The first kappa shape index (κ1) is 13.4. The van der Waals surface area contributed by atoms with Crippen molar-refractivity contribution in [3.8, 4) is 11.3 Å². The van der Waals surface area contributed by atoms with Gasteiger partial charge in [0.15, 0.2) is 6.29 Å². The second kappa shape index (κ2) is 5.40. The van der Waals surface area contributed by atoms with Gasteiger partial charge in [0, 0.05) is 11.8 Å². The van der Waals surface area contributed by atoms with Crippen LogP contribution >= 0.6 is 0 Å². The Morgan fingerprint density at radius 3 is 2.62 bits per heavy atom. The fourth-order valence-corrected chi connectivity index (χ4v) is 2.45. The summed E-state index contributed by atoms with van der Waals surface area (Å²) in [5, 5.41) is 4.55. The monoisotopic (exact) mass is 280 g/mol. The molecule has 0 fully saturated rings. The van der Waals surface area contributed by atoms with E-state index >= 15 is 0 Å². The molecule has 106 valence electrons. The summed E-state index contributed by atoms with van der Waals surface area (Å²) in [5.41, 5.74) is 3.27. The highest BCUT2D eigenvalue weighted by Gasteiger charge is 2.16. The number of aldehydes is 1. The minimum absolute atomic E-state index is 0.579. The molecule has 2 aromatic heterocycles. The van der Waals surface area contributed by atoms with Crippen LogP contribution in [0, 0.1) is 13.8 Å². The molecule has 0 saturated carbocycles. The Labute approximate surface area is 123 Å². The van der Waals surface area contributed by atoms with Crippen molar-refractivity contribution in [3.63, 3.8) is 0 Å². The van der Waals surface area contributed by atoms with Gasteiger partial charge in [0.05, 0.1) is 12.1 Å². The molecule has 1 aromatic carbocycles. The van der Waals surface area contributed by atoms with Gasteiger partial charge in [0.2, 0.25) is 0 Å². The molecule has 0 bridgehead atoms. The third kappa shape index (κ3) is 2.65. The lowest BCUT2D eigenvalue weighted by Crippen LogP contribution is -2.00. The van der Waals surface area contributed by atoms with E-state index in [1.165, 1.54) is 0 Å². The van der Waals surface area contributed by atoms with Gasteiger partial charge < -0.3 is 4.42 Å². The summed E-state index contributed by atoms with van der Waals surface area (Å²) in [6.45, 7) is 4.41. The second-order valence-corrected chi connectivity index (χ2v) is 5.06. The lowest BCUT2D eigenvalue weighted by atomic mass is 10.1. The number of rotatable bonds is 4. The SMILES string of the molecule is Cc1cc(-c2nn(Cc3ccccc3)cc2C=O)c(C)o1. The van der Waals surface area contributed by atoms with E-state index in [4.69, 9.17) is 4.42 Å². The van der Waals surface area contributed by atoms with E-state index < -0.39 is 0 Å². The first-order valence-electron chi connectivity index (χ1n) is 6.81. The van der Waals surface area contributed by atoms with Crippen LogP contribution in [0.4, 0.5) is 0 Å². The Balaban J connectivity index is 1.99. The van der Waals surface area contributed by atoms with Crippen molar-refractivity contribution in [2.45, 2.75) is 20.4 Å². The van der Waals surface area contributed by atoms with Crippen LogP contribution in [0.1, 0.15) is 27.4 Å². The second-order valence-electron chi connectivity index (χ2n) is 5.06. The van der Waals surface area contributed by atoms with Crippen molar-refractivity contribution < 1.29 is 9.21 Å². The third-order valence-electron chi connectivity index (χ3n) is 3.40. The lowest BCUT2D eigenvalue weighted by Gasteiger charge is -2.01. The van der Waals surface area contributed by atoms with Gasteiger partial charge in [-0.1, -0.05) is 30.3 Å². The van der Waals surface area contributed by atoms with Gasteiger partial charge in [-0.25, -0.2) is 0 Å². The standard InChI is InChI=1S/C17H16N2O2/c1-12-8-16(13(2)21-12)17-15(11-20)10-19(18-17)9-14-6-4-3-5-7-14/h3-8,10-11H,9H2,1-2H3. The van der Waals surface area contributed by atoms with Crippen molar-refractivity contribution in [2.75, 3.05) is 0 Å². The summed E-state index contributed by atoms with van der Waals surface area (Å²) < 4.78 is 7.32. The maximum atomic E-state index is 11.3. The van der Waals surface area contributed by atoms with Crippen LogP contribution in [0.3, 0.4) is 0 Å². The van der Waals surface area contributed by atoms with Crippen molar-refractivity contribution in [2.24, 2.45) is 0 Å². The Bertz CT molecular complexity index is 769. The molecule has 21 heavy (non-hydrogen) atoms. The molecule has 0 aliphatic heterocycles. The largest absolute Gasteiger partial charge is 0.466 e. The molecule has 0 amide bonds. The molecule has 0 aliphatic carbocycles. The molecule has 3 aromatic rings. The van der Waals surface area contributed by atoms with Gasteiger partial charge >= 0.3 is 0 Å². The molecule has 3 rings (SSSR count). The van der Waals surface area contributed by atoms with Crippen LogP contribution in [-0.4, -0.2) is 16.1 Å². The molecule has 0 radical (unpaired) electrons. The van der Waals surface area contributed by atoms with Gasteiger partial charge in [0.25, 0.3) is 0 Å². The molecule has 0 spiro atoms. The number of benzene rings is 1. The summed E-state index contributed by atoms with van der Waals surface area (Å²) in [7, 11) is 0. The molecule has 0 atom stereocenters. The maximum absolute atomic E-state index is 11.3. The lowest BCUT2D eigenvalue weighted by molar-refractivity contribution is 0.112. The van der Waals surface area contributed by atoms with Gasteiger partial charge in [-0.05, 0) is 25.5 Å². The number of nitrogens with zero attached hydrogens (tertiary/aromatic N) is 2. The zero-order valence-electron chi connectivity index (χ0n) is 12.0. The highest BCUT2D eigenvalue weighted by molar-refractivity contribution is 5.85. The molecular weight excluding hydrogens is 264 g/mol. The van der Waals surface area contributed by atoms with Gasteiger partial charge in [-0.2, -0.15) is 5.10 Å². The summed E-state index contributed by atoms with van der Waals surface area (Å²) in [5.74, 6) is 1.59. The van der Waals surface area contributed by atoms with Gasteiger partial charge in [-0.3, -0.25) is 9.48 Å². The van der Waals surface area contributed by atoms with Crippen molar-refractivity contribution in [1.29, 1.82) is 0 Å². The van der Waals surface area contributed by atoms with Gasteiger partial charge in [0.1, 0.15) is 17.2 Å². The van der Waals surface area contributed by atoms with Crippen molar-refractivity contribution in [3.05, 3.63) is 65.2 Å². The minimum Gasteiger partial charge on any atom is -0.466 e. The molecule has 2 heterocycles. The molecular formula is C17H16N2O2. The van der Waals surface area contributed by atoms with E-state index in [9.17, 15) is 4.79 Å². The Morgan fingerprint density at radius 1 is 1.24 bits per heavy atom. The average Bonchev–Trinajstić information content (AvgIpc) is 3.02. The summed E-state index contributed by atoms with van der Waals surface area (Å²) in [6.07, 6.45) is 2.61. The van der Waals surface area contributed by atoms with Crippen LogP contribution in [0.25, 0.3) is 11.3 Å². The third-order valence-corrected chi connectivity index (χ3v) is 3.40. The molecule has 4 nitrogen and oxygen atoms in total. The maximum Gasteiger partial charge on any atom is 0.153 e. The van der Waals surface area contributed by atoms with E-state index in [0.29, 0.717) is 17.8 Å². The smallest absolute Gasteiger partial charge is 0.153 e. The van der Waals surface area contributed by atoms with E-state index in [0.717, 1.165) is 28.9 Å². The van der Waals surface area contributed by atoms with Crippen LogP contribution < -0.4 is 0 Å². The summed E-state index contributed by atoms with van der Waals surface area (Å²) in [6, 6.07) is 11.9. The summed E-state index contributed by atoms with van der Waals surface area (Å²) in [4.78, 5) is 11.3. The summed E-state index contributed by atoms with van der Waals surface area (Å²) >= 11 is 0. The number of hydrogen-bond acceptors (Lipinski definition) is 3. The average molecular weight is 280 g/mol. The fraction of sp³-hybridized carbons (Fsp3) is 0.176. The Kier molecular flexibility index (Phi) is 3.44. The molecule has 0 N–H and O–H groups in total. The molecule has 0 saturated heterocycles. The highest BCUT2D eigenvalue weighted by atomic mass is 16.3. The molecule has 0 unspecified atom stereocenters. The van der Waals surface area contributed by atoms with Crippen LogP contribution in [0.15, 0.2) is 47.0 Å².